The number of primary amides is 1. The first-order chi connectivity index (χ1) is 13.2. The number of nitrogens with two attached hydrogens (primary N) is 1. The van der Waals surface area contributed by atoms with Crippen molar-refractivity contribution in [2.45, 2.75) is 38.8 Å². The molecule has 1 aromatic carbocycles. The van der Waals surface area contributed by atoms with Crippen LogP contribution in [0.4, 0.5) is 8.78 Å². The summed E-state index contributed by atoms with van der Waals surface area (Å²) in [6, 6.07) is 2.10. The molecule has 0 bridgehead atoms. The number of hydrogen-bond acceptors (Lipinski definition) is 4. The summed E-state index contributed by atoms with van der Waals surface area (Å²) < 4.78 is 27.6. The predicted molar refractivity (Wildman–Crippen MR) is 99.2 cm³/mol. The van der Waals surface area contributed by atoms with Crippen molar-refractivity contribution in [3.8, 4) is 0 Å². The van der Waals surface area contributed by atoms with Gasteiger partial charge in [0.2, 0.25) is 11.8 Å². The van der Waals surface area contributed by atoms with Crippen LogP contribution in [0.3, 0.4) is 0 Å². The fourth-order valence-electron chi connectivity index (χ4n) is 3.21. The average Bonchev–Trinajstić information content (AvgIpc) is 2.60. The molecule has 1 aliphatic heterocycles. The van der Waals surface area contributed by atoms with Crippen molar-refractivity contribution in [2.24, 2.45) is 11.7 Å². The highest BCUT2D eigenvalue weighted by Crippen LogP contribution is 2.14. The largest absolute Gasteiger partial charge is 0.369 e. The Morgan fingerprint density at radius 2 is 1.75 bits per heavy atom. The lowest BCUT2D eigenvalue weighted by atomic mass is 10.00. The van der Waals surface area contributed by atoms with Crippen LogP contribution in [-0.2, 0) is 9.59 Å². The topological polar surface area (TPSA) is 105 Å². The summed E-state index contributed by atoms with van der Waals surface area (Å²) in [6.45, 7) is 4.88. The Hall–Kier alpha value is -2.55. The third-order valence-electron chi connectivity index (χ3n) is 4.74. The maximum Gasteiger partial charge on any atom is 0.257 e. The van der Waals surface area contributed by atoms with Gasteiger partial charge in [0.25, 0.3) is 5.91 Å². The molecular formula is C19H26F2N4O3. The summed E-state index contributed by atoms with van der Waals surface area (Å²) in [7, 11) is 0. The van der Waals surface area contributed by atoms with Gasteiger partial charge in [0.05, 0.1) is 6.54 Å². The van der Waals surface area contributed by atoms with Crippen LogP contribution in [0, 0.1) is 17.6 Å². The second-order valence-corrected chi connectivity index (χ2v) is 7.32. The molecule has 1 aromatic rings. The van der Waals surface area contributed by atoms with Gasteiger partial charge < -0.3 is 16.4 Å². The zero-order valence-corrected chi connectivity index (χ0v) is 16.0. The first kappa shape index (κ1) is 21.7. The number of amides is 3. The summed E-state index contributed by atoms with van der Waals surface area (Å²) in [5.74, 6) is -4.03. The molecule has 1 heterocycles. The van der Waals surface area contributed by atoms with Crippen LogP contribution in [0.15, 0.2) is 18.2 Å². The SMILES string of the molecule is CC(C)C(NC(=O)c1c(F)cccc1F)C(=O)NC1CCN(CC(N)=O)CC1. The normalized spacial score (nSPS) is 16.6. The summed E-state index contributed by atoms with van der Waals surface area (Å²) in [5, 5.41) is 5.31. The Morgan fingerprint density at radius 1 is 1.18 bits per heavy atom. The Labute approximate surface area is 162 Å². The molecule has 3 amide bonds. The number of nitrogens with zero attached hydrogens (tertiary/aromatic N) is 1. The molecule has 1 fully saturated rings. The molecule has 9 heteroatoms. The van der Waals surface area contributed by atoms with Gasteiger partial charge in [-0.1, -0.05) is 19.9 Å². The lowest BCUT2D eigenvalue weighted by Gasteiger charge is -2.33. The Kier molecular flexibility index (Phi) is 7.45. The first-order valence-electron chi connectivity index (χ1n) is 9.25. The van der Waals surface area contributed by atoms with E-state index in [1.165, 1.54) is 6.07 Å². The molecule has 28 heavy (non-hydrogen) atoms. The van der Waals surface area contributed by atoms with Crippen LogP contribution in [0.25, 0.3) is 0 Å². The number of carbonyl (C=O) groups is 3. The minimum atomic E-state index is -0.984. The highest BCUT2D eigenvalue weighted by Gasteiger charge is 2.29. The van der Waals surface area contributed by atoms with Crippen molar-refractivity contribution < 1.29 is 23.2 Å². The molecule has 154 valence electrons. The molecule has 0 saturated carbocycles. The molecule has 1 aliphatic rings. The second-order valence-electron chi connectivity index (χ2n) is 7.32. The van der Waals surface area contributed by atoms with Crippen molar-refractivity contribution in [2.75, 3.05) is 19.6 Å². The third-order valence-corrected chi connectivity index (χ3v) is 4.74. The molecule has 1 unspecified atom stereocenters. The highest BCUT2D eigenvalue weighted by molar-refractivity contribution is 5.98. The number of nitrogens with one attached hydrogen (secondary N) is 2. The average molecular weight is 396 g/mol. The molecule has 2 rings (SSSR count). The van der Waals surface area contributed by atoms with Crippen molar-refractivity contribution in [3.05, 3.63) is 35.4 Å². The maximum atomic E-state index is 13.8. The molecule has 4 N–H and O–H groups in total. The van der Waals surface area contributed by atoms with Gasteiger partial charge >= 0.3 is 0 Å². The van der Waals surface area contributed by atoms with E-state index < -0.39 is 41.0 Å². The number of likely N-dealkylation sites (tertiary alicyclic amines) is 1. The number of piperidine rings is 1. The Morgan fingerprint density at radius 3 is 2.25 bits per heavy atom. The predicted octanol–water partition coefficient (Wildman–Crippen LogP) is 0.785. The van der Waals surface area contributed by atoms with Gasteiger partial charge in [-0.05, 0) is 30.9 Å². The van der Waals surface area contributed by atoms with Crippen LogP contribution in [0.1, 0.15) is 37.0 Å². The van der Waals surface area contributed by atoms with E-state index in [4.69, 9.17) is 5.73 Å². The van der Waals surface area contributed by atoms with E-state index in [1.807, 2.05) is 4.90 Å². The monoisotopic (exact) mass is 396 g/mol. The van der Waals surface area contributed by atoms with E-state index in [2.05, 4.69) is 10.6 Å². The molecule has 1 saturated heterocycles. The van der Waals surface area contributed by atoms with E-state index in [1.54, 1.807) is 13.8 Å². The quantitative estimate of drug-likeness (QED) is 0.634. The molecule has 1 atom stereocenters. The van der Waals surface area contributed by atoms with Crippen LogP contribution >= 0.6 is 0 Å². The summed E-state index contributed by atoms with van der Waals surface area (Å²) >= 11 is 0. The van der Waals surface area contributed by atoms with Crippen LogP contribution < -0.4 is 16.4 Å². The third kappa shape index (κ3) is 5.72. The van der Waals surface area contributed by atoms with Gasteiger partial charge in [-0.25, -0.2) is 8.78 Å². The number of halogens is 2. The number of carbonyl (C=O) groups excluding carboxylic acids is 3. The summed E-state index contributed by atoms with van der Waals surface area (Å²) in [4.78, 5) is 37.9. The van der Waals surface area contributed by atoms with Crippen LogP contribution in [-0.4, -0.2) is 54.3 Å². The van der Waals surface area contributed by atoms with Gasteiger partial charge in [-0.2, -0.15) is 0 Å². The van der Waals surface area contributed by atoms with Crippen molar-refractivity contribution in [1.29, 1.82) is 0 Å². The van der Waals surface area contributed by atoms with Gasteiger partial charge in [0.15, 0.2) is 0 Å². The lowest BCUT2D eigenvalue weighted by molar-refractivity contribution is -0.125. The number of benzene rings is 1. The fraction of sp³-hybridized carbons (Fsp3) is 0.526. The van der Waals surface area contributed by atoms with Crippen molar-refractivity contribution in [3.63, 3.8) is 0 Å². The first-order valence-corrected chi connectivity index (χ1v) is 9.25. The van der Waals surface area contributed by atoms with Crippen LogP contribution in [0.2, 0.25) is 0 Å². The van der Waals surface area contributed by atoms with Gasteiger partial charge in [-0.15, -0.1) is 0 Å². The van der Waals surface area contributed by atoms with Crippen LogP contribution in [0.5, 0.6) is 0 Å². The standard InChI is InChI=1S/C19H26F2N4O3/c1-11(2)17(24-18(27)16-13(20)4-3-5-14(16)21)19(28)23-12-6-8-25(9-7-12)10-15(22)26/h3-5,11-12,17H,6-10H2,1-2H3,(H2,22,26)(H,23,28)(H,24,27). The molecule has 0 aromatic heterocycles. The number of hydrogen-bond donors (Lipinski definition) is 3. The Bertz CT molecular complexity index is 714. The van der Waals surface area contributed by atoms with Crippen molar-refractivity contribution in [1.82, 2.24) is 15.5 Å². The highest BCUT2D eigenvalue weighted by atomic mass is 19.1. The van der Waals surface area contributed by atoms with Crippen molar-refractivity contribution >= 4 is 17.7 Å². The van der Waals surface area contributed by atoms with E-state index in [0.717, 1.165) is 12.1 Å². The molecule has 7 nitrogen and oxygen atoms in total. The molecular weight excluding hydrogens is 370 g/mol. The van der Waals surface area contributed by atoms with Gasteiger partial charge in [0.1, 0.15) is 23.2 Å². The number of rotatable bonds is 7. The zero-order valence-electron chi connectivity index (χ0n) is 16.0. The minimum Gasteiger partial charge on any atom is -0.369 e. The summed E-state index contributed by atoms with van der Waals surface area (Å²) in [6.07, 6.45) is 1.28. The smallest absolute Gasteiger partial charge is 0.257 e. The van der Waals surface area contributed by atoms with E-state index in [9.17, 15) is 23.2 Å². The van der Waals surface area contributed by atoms with Gasteiger partial charge in [0, 0.05) is 19.1 Å². The second kappa shape index (κ2) is 9.59. The van der Waals surface area contributed by atoms with E-state index in [-0.39, 0.29) is 18.5 Å². The fourth-order valence-corrected chi connectivity index (χ4v) is 3.21. The molecule has 0 radical (unpaired) electrons. The Balaban J connectivity index is 1.97. The lowest BCUT2D eigenvalue weighted by Crippen LogP contribution is -2.54. The van der Waals surface area contributed by atoms with E-state index in [0.29, 0.717) is 25.9 Å². The minimum absolute atomic E-state index is 0.111. The molecule has 0 spiro atoms. The molecule has 0 aliphatic carbocycles. The van der Waals surface area contributed by atoms with E-state index >= 15 is 0 Å². The zero-order chi connectivity index (χ0) is 20.8. The summed E-state index contributed by atoms with van der Waals surface area (Å²) in [5.41, 5.74) is 4.48. The maximum absolute atomic E-state index is 13.8. The van der Waals surface area contributed by atoms with Gasteiger partial charge in [-0.3, -0.25) is 19.3 Å².